The molecule has 0 unspecified atom stereocenters. The van der Waals surface area contributed by atoms with Crippen molar-refractivity contribution in [1.29, 1.82) is 0 Å². The Morgan fingerprint density at radius 1 is 1.32 bits per heavy atom. The van der Waals surface area contributed by atoms with Gasteiger partial charge in [-0.05, 0) is 44.9 Å². The van der Waals surface area contributed by atoms with Crippen LogP contribution in [-0.2, 0) is 4.74 Å². The predicted octanol–water partition coefficient (Wildman–Crippen LogP) is 2.03. The Morgan fingerprint density at radius 2 is 2.05 bits per heavy atom. The van der Waals surface area contributed by atoms with Gasteiger partial charge >= 0.3 is 0 Å². The molecule has 5 heteroatoms. The average Bonchev–Trinajstić information content (AvgIpc) is 2.36. The summed E-state index contributed by atoms with van der Waals surface area (Å²) in [5.74, 6) is -0.579. The molecule has 0 aliphatic heterocycles. The number of phenolic OH excluding ortho intramolecular Hbond substituents is 2. The van der Waals surface area contributed by atoms with E-state index in [-0.39, 0.29) is 23.2 Å². The van der Waals surface area contributed by atoms with Crippen LogP contribution in [0, 0.1) is 0 Å². The Morgan fingerprint density at radius 3 is 2.74 bits per heavy atom. The SMILES string of the molecule is CC(C)OCCCCNC(=O)c1cc(O)ccc1O. The Kier molecular flexibility index (Phi) is 6.15. The van der Waals surface area contributed by atoms with E-state index in [4.69, 9.17) is 4.74 Å². The number of carbonyl (C=O) groups is 1. The number of hydrogen-bond acceptors (Lipinski definition) is 4. The lowest BCUT2D eigenvalue weighted by molar-refractivity contribution is 0.0754. The number of hydrogen-bond donors (Lipinski definition) is 3. The summed E-state index contributed by atoms with van der Waals surface area (Å²) in [6.07, 6.45) is 1.89. The number of carbonyl (C=O) groups excluding carboxylic acids is 1. The van der Waals surface area contributed by atoms with Crippen LogP contribution in [0.5, 0.6) is 11.5 Å². The smallest absolute Gasteiger partial charge is 0.255 e. The third-order valence-electron chi connectivity index (χ3n) is 2.53. The van der Waals surface area contributed by atoms with Crippen molar-refractivity contribution in [1.82, 2.24) is 5.32 Å². The molecule has 0 saturated heterocycles. The van der Waals surface area contributed by atoms with Crippen LogP contribution in [0.4, 0.5) is 0 Å². The van der Waals surface area contributed by atoms with Crippen LogP contribution in [0.3, 0.4) is 0 Å². The van der Waals surface area contributed by atoms with Crippen LogP contribution >= 0.6 is 0 Å². The van der Waals surface area contributed by atoms with Gasteiger partial charge in [0.05, 0.1) is 11.7 Å². The summed E-state index contributed by atoms with van der Waals surface area (Å²) in [5, 5.41) is 21.5. The molecule has 5 nitrogen and oxygen atoms in total. The van der Waals surface area contributed by atoms with Gasteiger partial charge in [0, 0.05) is 13.2 Å². The van der Waals surface area contributed by atoms with Gasteiger partial charge in [-0.1, -0.05) is 0 Å². The Bertz CT molecular complexity index is 418. The number of rotatable bonds is 7. The second-order valence-corrected chi connectivity index (χ2v) is 4.58. The van der Waals surface area contributed by atoms with E-state index in [1.807, 2.05) is 13.8 Å². The molecular formula is C14H21NO4. The van der Waals surface area contributed by atoms with Crippen LogP contribution in [-0.4, -0.2) is 35.4 Å². The maximum atomic E-state index is 11.7. The van der Waals surface area contributed by atoms with Crippen molar-refractivity contribution in [2.24, 2.45) is 0 Å². The summed E-state index contributed by atoms with van der Waals surface area (Å²) in [7, 11) is 0. The fourth-order valence-corrected chi connectivity index (χ4v) is 1.55. The fourth-order valence-electron chi connectivity index (χ4n) is 1.55. The molecule has 0 bridgehead atoms. The number of nitrogens with one attached hydrogen (secondary N) is 1. The first-order valence-electron chi connectivity index (χ1n) is 6.42. The summed E-state index contributed by atoms with van der Waals surface area (Å²) >= 11 is 0. The minimum atomic E-state index is -0.391. The number of phenols is 2. The van der Waals surface area contributed by atoms with Gasteiger partial charge in [-0.15, -0.1) is 0 Å². The Labute approximate surface area is 113 Å². The highest BCUT2D eigenvalue weighted by Crippen LogP contribution is 2.21. The second-order valence-electron chi connectivity index (χ2n) is 4.58. The summed E-state index contributed by atoms with van der Waals surface area (Å²) in [6.45, 7) is 5.14. The molecule has 19 heavy (non-hydrogen) atoms. The van der Waals surface area contributed by atoms with Gasteiger partial charge in [0.25, 0.3) is 5.91 Å². The van der Waals surface area contributed by atoms with Gasteiger partial charge < -0.3 is 20.3 Å². The maximum absolute atomic E-state index is 11.7. The van der Waals surface area contributed by atoms with Gasteiger partial charge in [0.1, 0.15) is 11.5 Å². The van der Waals surface area contributed by atoms with E-state index in [1.165, 1.54) is 18.2 Å². The van der Waals surface area contributed by atoms with Crippen LogP contribution in [0.25, 0.3) is 0 Å². The van der Waals surface area contributed by atoms with Gasteiger partial charge in [0.2, 0.25) is 0 Å². The Hall–Kier alpha value is -1.75. The van der Waals surface area contributed by atoms with Crippen LogP contribution in [0.15, 0.2) is 18.2 Å². The molecule has 0 aliphatic rings. The van der Waals surface area contributed by atoms with Gasteiger partial charge in [-0.25, -0.2) is 0 Å². The van der Waals surface area contributed by atoms with Crippen molar-refractivity contribution in [2.75, 3.05) is 13.2 Å². The van der Waals surface area contributed by atoms with Crippen molar-refractivity contribution in [3.8, 4) is 11.5 Å². The highest BCUT2D eigenvalue weighted by Gasteiger charge is 2.11. The normalized spacial score (nSPS) is 10.7. The number of benzene rings is 1. The van der Waals surface area contributed by atoms with Crippen LogP contribution < -0.4 is 5.32 Å². The first-order chi connectivity index (χ1) is 9.00. The maximum Gasteiger partial charge on any atom is 0.255 e. The molecule has 0 heterocycles. The monoisotopic (exact) mass is 267 g/mol. The highest BCUT2D eigenvalue weighted by molar-refractivity contribution is 5.97. The molecule has 0 fully saturated rings. The molecule has 106 valence electrons. The van der Waals surface area contributed by atoms with E-state index in [0.717, 1.165) is 12.8 Å². The van der Waals surface area contributed by atoms with Gasteiger partial charge in [-0.2, -0.15) is 0 Å². The second kappa shape index (κ2) is 7.63. The van der Waals surface area contributed by atoms with E-state index in [2.05, 4.69) is 5.32 Å². The van der Waals surface area contributed by atoms with Crippen LogP contribution in [0.2, 0.25) is 0 Å². The predicted molar refractivity (Wildman–Crippen MR) is 72.4 cm³/mol. The summed E-state index contributed by atoms with van der Waals surface area (Å²) in [5.41, 5.74) is 0.0819. The molecule has 1 rings (SSSR count). The van der Waals surface area contributed by atoms with Crippen molar-refractivity contribution in [2.45, 2.75) is 32.8 Å². The molecule has 0 atom stereocenters. The zero-order valence-electron chi connectivity index (χ0n) is 11.3. The van der Waals surface area contributed by atoms with Gasteiger partial charge in [0.15, 0.2) is 0 Å². The standard InChI is InChI=1S/C14H21NO4/c1-10(2)19-8-4-3-7-15-14(18)12-9-11(16)5-6-13(12)17/h5-6,9-10,16-17H,3-4,7-8H2,1-2H3,(H,15,18). The zero-order valence-corrected chi connectivity index (χ0v) is 11.3. The lowest BCUT2D eigenvalue weighted by Crippen LogP contribution is -2.24. The number of aromatic hydroxyl groups is 2. The Balaban J connectivity index is 2.29. The molecule has 1 amide bonds. The number of unbranched alkanes of at least 4 members (excludes halogenated alkanes) is 1. The molecule has 0 spiro atoms. The average molecular weight is 267 g/mol. The molecule has 1 aromatic carbocycles. The number of amides is 1. The van der Waals surface area contributed by atoms with Crippen LogP contribution in [0.1, 0.15) is 37.0 Å². The fraction of sp³-hybridized carbons (Fsp3) is 0.500. The van der Waals surface area contributed by atoms with E-state index >= 15 is 0 Å². The topological polar surface area (TPSA) is 78.8 Å². The summed E-state index contributed by atoms with van der Waals surface area (Å²) < 4.78 is 5.38. The summed E-state index contributed by atoms with van der Waals surface area (Å²) in [6, 6.07) is 3.86. The molecule has 0 saturated carbocycles. The van der Waals surface area contributed by atoms with Crippen molar-refractivity contribution in [3.63, 3.8) is 0 Å². The quantitative estimate of drug-likeness (QED) is 0.522. The molecule has 0 radical (unpaired) electrons. The minimum Gasteiger partial charge on any atom is -0.508 e. The largest absolute Gasteiger partial charge is 0.508 e. The van der Waals surface area contributed by atoms with Gasteiger partial charge in [-0.3, -0.25) is 4.79 Å². The summed E-state index contributed by atoms with van der Waals surface area (Å²) in [4.78, 5) is 11.7. The first-order valence-corrected chi connectivity index (χ1v) is 6.42. The number of ether oxygens (including phenoxy) is 1. The van der Waals surface area contributed by atoms with Crippen molar-refractivity contribution >= 4 is 5.91 Å². The van der Waals surface area contributed by atoms with E-state index in [0.29, 0.717) is 13.2 Å². The molecular weight excluding hydrogens is 246 g/mol. The third-order valence-corrected chi connectivity index (χ3v) is 2.53. The molecule has 0 aliphatic carbocycles. The minimum absolute atomic E-state index is 0.0479. The highest BCUT2D eigenvalue weighted by atomic mass is 16.5. The lowest BCUT2D eigenvalue weighted by Gasteiger charge is -2.09. The third kappa shape index (κ3) is 5.61. The zero-order chi connectivity index (χ0) is 14.3. The van der Waals surface area contributed by atoms with E-state index in [9.17, 15) is 15.0 Å². The molecule has 1 aromatic rings. The molecule has 0 aromatic heterocycles. The first kappa shape index (κ1) is 15.3. The van der Waals surface area contributed by atoms with E-state index < -0.39 is 5.91 Å². The van der Waals surface area contributed by atoms with E-state index in [1.54, 1.807) is 0 Å². The lowest BCUT2D eigenvalue weighted by atomic mass is 10.1. The molecule has 3 N–H and O–H groups in total. The van der Waals surface area contributed by atoms with Crippen molar-refractivity contribution < 1.29 is 19.7 Å². The van der Waals surface area contributed by atoms with Crippen molar-refractivity contribution in [3.05, 3.63) is 23.8 Å².